The number of benzene rings is 1. The number of aryl methyl sites for hydroxylation is 1. The Labute approximate surface area is 121 Å². The van der Waals surface area contributed by atoms with E-state index in [0.29, 0.717) is 30.3 Å². The molecule has 2 aromatic rings. The number of rotatable bonds is 6. The zero-order valence-electron chi connectivity index (χ0n) is 11.6. The second kappa shape index (κ2) is 6.56. The van der Waals surface area contributed by atoms with Gasteiger partial charge in [0.2, 0.25) is 5.82 Å². The van der Waals surface area contributed by atoms with Crippen molar-refractivity contribution in [1.29, 1.82) is 0 Å². The molecule has 2 rings (SSSR count). The van der Waals surface area contributed by atoms with Gasteiger partial charge in [0.25, 0.3) is 0 Å². The summed E-state index contributed by atoms with van der Waals surface area (Å²) in [4.78, 5) is 14.6. The number of anilines is 2. The molecule has 21 heavy (non-hydrogen) atoms. The predicted molar refractivity (Wildman–Crippen MR) is 80.5 cm³/mol. The first-order valence-corrected chi connectivity index (χ1v) is 6.40. The third-order valence-electron chi connectivity index (χ3n) is 2.73. The predicted octanol–water partition coefficient (Wildman–Crippen LogP) is 2.37. The van der Waals surface area contributed by atoms with Crippen molar-refractivity contribution in [3.8, 4) is 5.75 Å². The standard InChI is InChI=1S/C14H16N4O3/c1-10-5-6-13(18(19)20)14(17-10)16-7-8-21-12-4-2-3-11(15)9-12/h2-6,9H,7-8,15H2,1H3,(H,16,17). The molecule has 0 bridgehead atoms. The lowest BCUT2D eigenvalue weighted by Crippen LogP contribution is -2.13. The molecule has 7 heteroatoms. The van der Waals surface area contributed by atoms with Crippen LogP contribution in [-0.2, 0) is 0 Å². The molecule has 0 spiro atoms. The minimum absolute atomic E-state index is 0.0513. The summed E-state index contributed by atoms with van der Waals surface area (Å²) in [6.45, 7) is 2.51. The van der Waals surface area contributed by atoms with Gasteiger partial charge in [0.05, 0.1) is 11.5 Å². The summed E-state index contributed by atoms with van der Waals surface area (Å²) < 4.78 is 5.50. The topological polar surface area (TPSA) is 103 Å². The van der Waals surface area contributed by atoms with Gasteiger partial charge >= 0.3 is 5.69 Å². The molecular weight excluding hydrogens is 272 g/mol. The fourth-order valence-electron chi connectivity index (χ4n) is 1.77. The zero-order chi connectivity index (χ0) is 15.2. The van der Waals surface area contributed by atoms with E-state index in [9.17, 15) is 10.1 Å². The molecule has 0 saturated heterocycles. The minimum Gasteiger partial charge on any atom is -0.492 e. The van der Waals surface area contributed by atoms with Crippen LogP contribution in [0.25, 0.3) is 0 Å². The van der Waals surface area contributed by atoms with Gasteiger partial charge in [-0.3, -0.25) is 10.1 Å². The average molecular weight is 288 g/mol. The smallest absolute Gasteiger partial charge is 0.311 e. The van der Waals surface area contributed by atoms with Crippen LogP contribution >= 0.6 is 0 Å². The fraction of sp³-hybridized carbons (Fsp3) is 0.214. The van der Waals surface area contributed by atoms with Crippen molar-refractivity contribution in [1.82, 2.24) is 4.98 Å². The van der Waals surface area contributed by atoms with E-state index < -0.39 is 4.92 Å². The Morgan fingerprint density at radius 3 is 2.90 bits per heavy atom. The van der Waals surface area contributed by atoms with Crippen LogP contribution < -0.4 is 15.8 Å². The van der Waals surface area contributed by atoms with Gasteiger partial charge in [0.15, 0.2) is 0 Å². The molecule has 1 aromatic carbocycles. The summed E-state index contributed by atoms with van der Waals surface area (Å²) in [5.74, 6) is 0.902. The highest BCUT2D eigenvalue weighted by molar-refractivity contribution is 5.56. The van der Waals surface area contributed by atoms with E-state index in [1.807, 2.05) is 0 Å². The highest BCUT2D eigenvalue weighted by Crippen LogP contribution is 2.21. The SMILES string of the molecule is Cc1ccc([N+](=O)[O-])c(NCCOc2cccc(N)c2)n1. The first kappa shape index (κ1) is 14.6. The minimum atomic E-state index is -0.465. The van der Waals surface area contributed by atoms with E-state index in [-0.39, 0.29) is 11.5 Å². The molecule has 1 aromatic heterocycles. The van der Waals surface area contributed by atoms with Crippen molar-refractivity contribution in [3.05, 3.63) is 52.2 Å². The van der Waals surface area contributed by atoms with Crippen molar-refractivity contribution in [3.63, 3.8) is 0 Å². The Morgan fingerprint density at radius 2 is 2.19 bits per heavy atom. The van der Waals surface area contributed by atoms with Gasteiger partial charge in [0, 0.05) is 23.5 Å². The number of nitrogens with zero attached hydrogens (tertiary/aromatic N) is 2. The Hall–Kier alpha value is -2.83. The van der Waals surface area contributed by atoms with Gasteiger partial charge in [0.1, 0.15) is 12.4 Å². The second-order valence-electron chi connectivity index (χ2n) is 4.43. The Bertz CT molecular complexity index is 646. The van der Waals surface area contributed by atoms with Crippen LogP contribution in [0.15, 0.2) is 36.4 Å². The molecule has 0 aliphatic rings. The molecule has 0 saturated carbocycles. The highest BCUT2D eigenvalue weighted by atomic mass is 16.6. The number of hydrogen-bond donors (Lipinski definition) is 2. The molecule has 110 valence electrons. The maximum atomic E-state index is 10.9. The van der Waals surface area contributed by atoms with Crippen molar-refractivity contribution in [2.45, 2.75) is 6.92 Å². The van der Waals surface area contributed by atoms with Crippen molar-refractivity contribution < 1.29 is 9.66 Å². The van der Waals surface area contributed by atoms with Gasteiger partial charge in [-0.25, -0.2) is 4.98 Å². The summed E-state index contributed by atoms with van der Waals surface area (Å²) in [5.41, 5.74) is 6.92. The monoisotopic (exact) mass is 288 g/mol. The van der Waals surface area contributed by atoms with E-state index in [2.05, 4.69) is 10.3 Å². The third-order valence-corrected chi connectivity index (χ3v) is 2.73. The Balaban J connectivity index is 1.91. The van der Waals surface area contributed by atoms with Crippen LogP contribution in [0.4, 0.5) is 17.2 Å². The van der Waals surface area contributed by atoms with E-state index in [1.165, 1.54) is 6.07 Å². The molecule has 0 amide bonds. The Kier molecular flexibility index (Phi) is 4.55. The normalized spacial score (nSPS) is 10.1. The summed E-state index contributed by atoms with van der Waals surface area (Å²) >= 11 is 0. The summed E-state index contributed by atoms with van der Waals surface area (Å²) in [6, 6.07) is 10.1. The summed E-state index contributed by atoms with van der Waals surface area (Å²) in [7, 11) is 0. The quantitative estimate of drug-likeness (QED) is 0.366. The molecule has 0 aliphatic carbocycles. The Morgan fingerprint density at radius 1 is 1.38 bits per heavy atom. The third kappa shape index (κ3) is 4.07. The molecule has 0 radical (unpaired) electrons. The van der Waals surface area contributed by atoms with Crippen LogP contribution in [0, 0.1) is 17.0 Å². The molecule has 0 fully saturated rings. The number of pyridine rings is 1. The van der Waals surface area contributed by atoms with Crippen LogP contribution in [0.3, 0.4) is 0 Å². The lowest BCUT2D eigenvalue weighted by atomic mass is 10.3. The van der Waals surface area contributed by atoms with Gasteiger partial charge in [-0.15, -0.1) is 0 Å². The van der Waals surface area contributed by atoms with Gasteiger partial charge in [-0.1, -0.05) is 6.07 Å². The molecule has 7 nitrogen and oxygen atoms in total. The molecule has 0 unspecified atom stereocenters. The molecule has 1 heterocycles. The van der Waals surface area contributed by atoms with Crippen molar-refractivity contribution in [2.24, 2.45) is 0 Å². The molecule has 0 atom stereocenters. The van der Waals surface area contributed by atoms with E-state index in [1.54, 1.807) is 37.3 Å². The number of nitrogens with two attached hydrogens (primary N) is 1. The first-order valence-electron chi connectivity index (χ1n) is 6.40. The second-order valence-corrected chi connectivity index (χ2v) is 4.43. The highest BCUT2D eigenvalue weighted by Gasteiger charge is 2.14. The van der Waals surface area contributed by atoms with Crippen LogP contribution in [0.5, 0.6) is 5.75 Å². The average Bonchev–Trinajstić information content (AvgIpc) is 2.43. The number of nitrogens with one attached hydrogen (secondary N) is 1. The maximum Gasteiger partial charge on any atom is 0.311 e. The van der Waals surface area contributed by atoms with Gasteiger partial charge in [-0.2, -0.15) is 0 Å². The lowest BCUT2D eigenvalue weighted by Gasteiger charge is -2.09. The van der Waals surface area contributed by atoms with Crippen LogP contribution in [0.1, 0.15) is 5.69 Å². The van der Waals surface area contributed by atoms with Gasteiger partial charge in [-0.05, 0) is 25.1 Å². The number of ether oxygens (including phenoxy) is 1. The number of nitrogen functional groups attached to an aromatic ring is 1. The van der Waals surface area contributed by atoms with E-state index in [0.717, 1.165) is 0 Å². The van der Waals surface area contributed by atoms with Crippen LogP contribution in [-0.4, -0.2) is 23.1 Å². The number of hydrogen-bond acceptors (Lipinski definition) is 6. The lowest BCUT2D eigenvalue weighted by molar-refractivity contribution is -0.384. The van der Waals surface area contributed by atoms with Crippen LogP contribution in [0.2, 0.25) is 0 Å². The van der Waals surface area contributed by atoms with E-state index in [4.69, 9.17) is 10.5 Å². The van der Waals surface area contributed by atoms with Gasteiger partial charge < -0.3 is 15.8 Å². The fourth-order valence-corrected chi connectivity index (χ4v) is 1.77. The number of aromatic nitrogens is 1. The molecule has 3 N–H and O–H groups in total. The summed E-state index contributed by atoms with van der Waals surface area (Å²) in [6.07, 6.45) is 0. The zero-order valence-corrected chi connectivity index (χ0v) is 11.6. The summed E-state index contributed by atoms with van der Waals surface area (Å²) in [5, 5.41) is 13.8. The largest absolute Gasteiger partial charge is 0.492 e. The van der Waals surface area contributed by atoms with Crippen molar-refractivity contribution >= 4 is 17.2 Å². The van der Waals surface area contributed by atoms with E-state index >= 15 is 0 Å². The molecular formula is C14H16N4O3. The number of nitro groups is 1. The maximum absolute atomic E-state index is 10.9. The first-order chi connectivity index (χ1) is 10.1. The van der Waals surface area contributed by atoms with Crippen molar-refractivity contribution in [2.75, 3.05) is 24.2 Å². The molecule has 0 aliphatic heterocycles.